The van der Waals surface area contributed by atoms with Crippen molar-refractivity contribution >= 4 is 5.91 Å². The van der Waals surface area contributed by atoms with Crippen molar-refractivity contribution in [2.24, 2.45) is 0 Å². The zero-order valence-corrected chi connectivity index (χ0v) is 15.7. The van der Waals surface area contributed by atoms with E-state index < -0.39 is 5.82 Å². The fourth-order valence-electron chi connectivity index (χ4n) is 2.85. The Kier molecular flexibility index (Phi) is 6.03. The summed E-state index contributed by atoms with van der Waals surface area (Å²) in [6.45, 7) is 4.22. The van der Waals surface area contributed by atoms with Gasteiger partial charge in [-0.3, -0.25) is 4.79 Å². The van der Waals surface area contributed by atoms with Crippen LogP contribution in [-0.2, 0) is 11.2 Å². The molecule has 3 aromatic rings. The first-order valence-electron chi connectivity index (χ1n) is 9.02. The third-order valence-corrected chi connectivity index (χ3v) is 4.20. The van der Waals surface area contributed by atoms with Gasteiger partial charge < -0.3 is 10.1 Å². The van der Waals surface area contributed by atoms with E-state index in [4.69, 9.17) is 4.74 Å². The topological polar surface area (TPSA) is 56.2 Å². The van der Waals surface area contributed by atoms with Gasteiger partial charge in [0.15, 0.2) is 0 Å². The molecular formula is C21H21F2N3O2. The Hall–Kier alpha value is -3.22. The Bertz CT molecular complexity index is 968. The van der Waals surface area contributed by atoms with Gasteiger partial charge in [-0.25, -0.2) is 13.5 Å². The second kappa shape index (κ2) is 8.65. The highest BCUT2D eigenvalue weighted by Crippen LogP contribution is 2.31. The number of aryl methyl sites for hydroxylation is 1. The van der Waals surface area contributed by atoms with E-state index in [2.05, 4.69) is 10.4 Å². The highest BCUT2D eigenvalue weighted by molar-refractivity contribution is 5.76. The molecule has 28 heavy (non-hydrogen) atoms. The lowest BCUT2D eigenvalue weighted by atomic mass is 10.1. The van der Waals surface area contributed by atoms with E-state index in [9.17, 15) is 13.6 Å². The van der Waals surface area contributed by atoms with Gasteiger partial charge in [-0.15, -0.1) is 0 Å². The molecule has 0 bridgehead atoms. The number of amides is 1. The van der Waals surface area contributed by atoms with E-state index in [0.29, 0.717) is 36.0 Å². The Balaban J connectivity index is 2.00. The minimum Gasteiger partial charge on any atom is -0.439 e. The van der Waals surface area contributed by atoms with Crippen LogP contribution in [0.3, 0.4) is 0 Å². The van der Waals surface area contributed by atoms with E-state index >= 15 is 0 Å². The second-order valence-corrected chi connectivity index (χ2v) is 6.27. The summed E-state index contributed by atoms with van der Waals surface area (Å²) in [7, 11) is 0. The molecule has 1 amide bonds. The quantitative estimate of drug-likeness (QED) is 0.659. The van der Waals surface area contributed by atoms with Gasteiger partial charge in [0, 0.05) is 24.6 Å². The molecule has 0 radical (unpaired) electrons. The van der Waals surface area contributed by atoms with Gasteiger partial charge in [0.05, 0.1) is 11.4 Å². The normalized spacial score (nSPS) is 10.7. The lowest BCUT2D eigenvalue weighted by Gasteiger charge is -2.11. The maximum atomic E-state index is 13.6. The highest BCUT2D eigenvalue weighted by atomic mass is 19.1. The zero-order chi connectivity index (χ0) is 20.1. The molecule has 3 rings (SSSR count). The number of rotatable bonds is 7. The van der Waals surface area contributed by atoms with Crippen molar-refractivity contribution in [1.29, 1.82) is 0 Å². The van der Waals surface area contributed by atoms with Crippen LogP contribution in [-0.4, -0.2) is 22.2 Å². The Morgan fingerprint density at radius 3 is 2.57 bits per heavy atom. The molecule has 0 fully saturated rings. The summed E-state index contributed by atoms with van der Waals surface area (Å²) in [6, 6.07) is 11.6. The van der Waals surface area contributed by atoms with E-state index in [1.165, 1.54) is 28.9 Å². The summed E-state index contributed by atoms with van der Waals surface area (Å²) in [4.78, 5) is 11.9. The van der Waals surface area contributed by atoms with Crippen LogP contribution in [0.25, 0.3) is 5.69 Å². The van der Waals surface area contributed by atoms with Crippen LogP contribution >= 0.6 is 0 Å². The summed E-state index contributed by atoms with van der Waals surface area (Å²) < 4.78 is 34.4. The molecule has 1 aromatic heterocycles. The Morgan fingerprint density at radius 1 is 1.14 bits per heavy atom. The number of nitrogens with zero attached hydrogens (tertiary/aromatic N) is 2. The number of carbonyl (C=O) groups is 1. The summed E-state index contributed by atoms with van der Waals surface area (Å²) in [5, 5.41) is 7.26. The number of benzene rings is 2. The SMILES string of the molecule is CCNC(=O)CCc1c(C)nn(-c2ccc(F)cc2)c1Oc1cccc(F)c1. The molecule has 5 nitrogen and oxygen atoms in total. The van der Waals surface area contributed by atoms with E-state index in [-0.39, 0.29) is 18.1 Å². The predicted octanol–water partition coefficient (Wildman–Crippen LogP) is 4.32. The molecule has 0 spiro atoms. The van der Waals surface area contributed by atoms with E-state index in [1.54, 1.807) is 24.3 Å². The van der Waals surface area contributed by atoms with Gasteiger partial charge in [-0.05, 0) is 56.7 Å². The third-order valence-electron chi connectivity index (χ3n) is 4.20. The second-order valence-electron chi connectivity index (χ2n) is 6.27. The molecular weight excluding hydrogens is 364 g/mol. The molecule has 0 atom stereocenters. The van der Waals surface area contributed by atoms with Crippen LogP contribution in [0.1, 0.15) is 24.6 Å². The smallest absolute Gasteiger partial charge is 0.226 e. The van der Waals surface area contributed by atoms with Crippen LogP contribution in [0, 0.1) is 18.6 Å². The molecule has 0 unspecified atom stereocenters. The number of carbonyl (C=O) groups excluding carboxylic acids is 1. The predicted molar refractivity (Wildman–Crippen MR) is 102 cm³/mol. The average Bonchev–Trinajstić information content (AvgIpc) is 2.96. The number of aromatic nitrogens is 2. The number of nitrogens with one attached hydrogen (secondary N) is 1. The van der Waals surface area contributed by atoms with Gasteiger partial charge in [0.1, 0.15) is 17.4 Å². The molecule has 0 aliphatic heterocycles. The first-order chi connectivity index (χ1) is 13.5. The summed E-state index contributed by atoms with van der Waals surface area (Å²) >= 11 is 0. The van der Waals surface area contributed by atoms with Gasteiger partial charge >= 0.3 is 0 Å². The molecule has 1 heterocycles. The highest BCUT2D eigenvalue weighted by Gasteiger charge is 2.20. The van der Waals surface area contributed by atoms with Crippen molar-refractivity contribution in [2.75, 3.05) is 6.54 Å². The minimum absolute atomic E-state index is 0.0758. The van der Waals surface area contributed by atoms with E-state index in [0.717, 1.165) is 5.56 Å². The molecule has 1 N–H and O–H groups in total. The Morgan fingerprint density at radius 2 is 1.89 bits per heavy atom. The average molecular weight is 385 g/mol. The summed E-state index contributed by atoms with van der Waals surface area (Å²) in [5.41, 5.74) is 2.01. The number of hydrogen-bond donors (Lipinski definition) is 1. The number of halogens is 2. The van der Waals surface area contributed by atoms with Crippen molar-refractivity contribution in [3.8, 4) is 17.3 Å². The fourth-order valence-corrected chi connectivity index (χ4v) is 2.85. The van der Waals surface area contributed by atoms with Crippen LogP contribution < -0.4 is 10.1 Å². The number of hydrogen-bond acceptors (Lipinski definition) is 3. The minimum atomic E-state index is -0.425. The molecule has 0 saturated carbocycles. The maximum Gasteiger partial charge on any atom is 0.226 e. The lowest BCUT2D eigenvalue weighted by molar-refractivity contribution is -0.120. The first-order valence-corrected chi connectivity index (χ1v) is 9.02. The molecule has 0 saturated heterocycles. The van der Waals surface area contributed by atoms with Gasteiger partial charge in [0.25, 0.3) is 0 Å². The van der Waals surface area contributed by atoms with Crippen molar-refractivity contribution in [1.82, 2.24) is 15.1 Å². The van der Waals surface area contributed by atoms with Crippen LogP contribution in [0.4, 0.5) is 8.78 Å². The fraction of sp³-hybridized carbons (Fsp3) is 0.238. The largest absolute Gasteiger partial charge is 0.439 e. The monoisotopic (exact) mass is 385 g/mol. The Labute approximate surface area is 161 Å². The first kappa shape index (κ1) is 19.5. The van der Waals surface area contributed by atoms with Crippen molar-refractivity contribution in [3.63, 3.8) is 0 Å². The van der Waals surface area contributed by atoms with Crippen molar-refractivity contribution in [3.05, 3.63) is 71.4 Å². The summed E-state index contributed by atoms with van der Waals surface area (Å²) in [6.07, 6.45) is 0.673. The maximum absolute atomic E-state index is 13.6. The zero-order valence-electron chi connectivity index (χ0n) is 15.7. The lowest BCUT2D eigenvalue weighted by Crippen LogP contribution is -2.22. The standard InChI is InChI=1S/C21H21F2N3O2/c1-3-24-20(27)12-11-19-14(2)25-26(17-9-7-15(22)8-10-17)21(19)28-18-6-4-5-16(23)13-18/h4-10,13H,3,11-12H2,1-2H3,(H,24,27). The molecule has 0 aliphatic rings. The van der Waals surface area contributed by atoms with Crippen LogP contribution in [0.2, 0.25) is 0 Å². The van der Waals surface area contributed by atoms with E-state index in [1.807, 2.05) is 13.8 Å². The molecule has 0 aliphatic carbocycles. The molecule has 7 heteroatoms. The summed E-state index contributed by atoms with van der Waals surface area (Å²) in [5.74, 6) is -0.183. The van der Waals surface area contributed by atoms with Crippen LogP contribution in [0.15, 0.2) is 48.5 Å². The molecule has 146 valence electrons. The van der Waals surface area contributed by atoms with Crippen molar-refractivity contribution < 1.29 is 18.3 Å². The van der Waals surface area contributed by atoms with Crippen LogP contribution in [0.5, 0.6) is 11.6 Å². The van der Waals surface area contributed by atoms with Gasteiger partial charge in [0.2, 0.25) is 11.8 Å². The van der Waals surface area contributed by atoms with Gasteiger partial charge in [-0.2, -0.15) is 5.10 Å². The van der Waals surface area contributed by atoms with Crippen molar-refractivity contribution in [2.45, 2.75) is 26.7 Å². The molecule has 2 aromatic carbocycles. The number of ether oxygens (including phenoxy) is 1. The van der Waals surface area contributed by atoms with Gasteiger partial charge in [-0.1, -0.05) is 6.07 Å². The third kappa shape index (κ3) is 4.54.